The lowest BCUT2D eigenvalue weighted by Crippen LogP contribution is -2.52. The number of aromatic nitrogens is 2. The minimum absolute atomic E-state index is 0.0371. The fourth-order valence-electron chi connectivity index (χ4n) is 5.39. The van der Waals surface area contributed by atoms with Crippen LogP contribution in [0.4, 0.5) is 0 Å². The molecule has 2 aromatic rings. The van der Waals surface area contributed by atoms with E-state index in [9.17, 15) is 9.59 Å². The number of carbonyl (C=O) groups excluding carboxylic acids is 2. The molecule has 2 atom stereocenters. The van der Waals surface area contributed by atoms with Crippen LogP contribution >= 0.6 is 0 Å². The molecular formula is C22H26N2O2. The van der Waals surface area contributed by atoms with Crippen LogP contribution in [0.5, 0.6) is 0 Å². The molecule has 1 aromatic carbocycles. The number of Topliss-reactive ketones (excluding diaryl/α,β-unsaturated/α-hetero) is 1. The van der Waals surface area contributed by atoms with Crippen LogP contribution in [0.15, 0.2) is 30.3 Å². The first-order valence-corrected chi connectivity index (χ1v) is 9.46. The number of carbonyl (C=O) groups is 2. The average molecular weight is 350 g/mol. The zero-order chi connectivity index (χ0) is 18.7. The van der Waals surface area contributed by atoms with E-state index in [1.54, 1.807) is 4.68 Å². The van der Waals surface area contributed by atoms with E-state index >= 15 is 0 Å². The molecule has 0 aliphatic heterocycles. The van der Waals surface area contributed by atoms with Gasteiger partial charge in [0.2, 0.25) is 5.78 Å². The zero-order valence-electron chi connectivity index (χ0n) is 16.0. The Morgan fingerprint density at radius 1 is 1.15 bits per heavy atom. The zero-order valence-corrected chi connectivity index (χ0v) is 16.0. The van der Waals surface area contributed by atoms with E-state index in [2.05, 4.69) is 20.8 Å². The highest BCUT2D eigenvalue weighted by Crippen LogP contribution is 2.55. The van der Waals surface area contributed by atoms with E-state index in [1.165, 1.54) is 0 Å². The van der Waals surface area contributed by atoms with Gasteiger partial charge in [0.15, 0.2) is 0 Å². The Labute approximate surface area is 154 Å². The Hall–Kier alpha value is -2.23. The lowest BCUT2D eigenvalue weighted by molar-refractivity contribution is -0.137. The number of ketones is 2. The summed E-state index contributed by atoms with van der Waals surface area (Å²) in [6.45, 7) is 6.41. The maximum Gasteiger partial charge on any atom is 0.211 e. The number of rotatable bonds is 2. The largest absolute Gasteiger partial charge is 0.299 e. The van der Waals surface area contributed by atoms with Crippen LogP contribution in [-0.4, -0.2) is 21.3 Å². The van der Waals surface area contributed by atoms with Crippen LogP contribution in [0.2, 0.25) is 0 Å². The predicted molar refractivity (Wildman–Crippen MR) is 100 cm³/mol. The van der Waals surface area contributed by atoms with E-state index in [-0.39, 0.29) is 22.5 Å². The summed E-state index contributed by atoms with van der Waals surface area (Å²) in [5.41, 5.74) is 3.07. The molecule has 0 N–H and O–H groups in total. The van der Waals surface area contributed by atoms with Gasteiger partial charge in [-0.1, -0.05) is 51.1 Å². The lowest BCUT2D eigenvalue weighted by atomic mass is 9.51. The van der Waals surface area contributed by atoms with Crippen LogP contribution < -0.4 is 0 Å². The van der Waals surface area contributed by atoms with E-state index in [1.807, 2.05) is 37.4 Å². The quantitative estimate of drug-likeness (QED) is 0.773. The number of hydrogen-bond acceptors (Lipinski definition) is 3. The molecule has 0 spiro atoms. The molecule has 136 valence electrons. The van der Waals surface area contributed by atoms with Crippen LogP contribution in [0.3, 0.4) is 0 Å². The molecule has 26 heavy (non-hydrogen) atoms. The summed E-state index contributed by atoms with van der Waals surface area (Å²) in [5, 5.41) is 4.83. The SMILES string of the molecule is Cn1nc2c(c1C(=O)c1ccccc1)CC[C@H]1C(C)(C)C(=O)CCC21C. The summed E-state index contributed by atoms with van der Waals surface area (Å²) in [6, 6.07) is 9.42. The van der Waals surface area contributed by atoms with Crippen molar-refractivity contribution < 1.29 is 9.59 Å². The molecule has 0 amide bonds. The number of fused-ring (bicyclic) bond motifs is 3. The maximum atomic E-state index is 13.1. The number of benzene rings is 1. The van der Waals surface area contributed by atoms with Gasteiger partial charge in [-0.25, -0.2) is 0 Å². The molecule has 2 aliphatic carbocycles. The van der Waals surface area contributed by atoms with Crippen LogP contribution in [0.25, 0.3) is 0 Å². The number of aryl methyl sites for hydroxylation is 1. The van der Waals surface area contributed by atoms with Crippen molar-refractivity contribution in [2.24, 2.45) is 18.4 Å². The molecular weight excluding hydrogens is 324 g/mol. The van der Waals surface area contributed by atoms with Gasteiger partial charge in [0.25, 0.3) is 0 Å². The standard InChI is InChI=1S/C22H26N2O2/c1-21(2)16-11-10-15-18(19(26)14-8-6-5-7-9-14)24(4)23-20(15)22(16,3)13-12-17(21)25/h5-9,16H,10-13H2,1-4H3/t16-,22?/m0/s1. The van der Waals surface area contributed by atoms with Crippen LogP contribution in [0.1, 0.15) is 67.3 Å². The first-order valence-electron chi connectivity index (χ1n) is 9.46. The summed E-state index contributed by atoms with van der Waals surface area (Å²) in [6.07, 6.45) is 3.16. The molecule has 0 radical (unpaired) electrons. The van der Waals surface area contributed by atoms with Crippen molar-refractivity contribution in [2.75, 3.05) is 0 Å². The summed E-state index contributed by atoms with van der Waals surface area (Å²) in [7, 11) is 1.87. The maximum absolute atomic E-state index is 13.1. The second-order valence-electron chi connectivity index (χ2n) is 8.65. The van der Waals surface area contributed by atoms with Gasteiger partial charge in [0.1, 0.15) is 11.5 Å². The molecule has 0 bridgehead atoms. The summed E-state index contributed by atoms with van der Waals surface area (Å²) in [5.74, 6) is 0.674. The number of nitrogens with zero attached hydrogens (tertiary/aromatic N) is 2. The Morgan fingerprint density at radius 3 is 2.54 bits per heavy atom. The monoisotopic (exact) mass is 350 g/mol. The van der Waals surface area contributed by atoms with Gasteiger partial charge in [-0.15, -0.1) is 0 Å². The van der Waals surface area contributed by atoms with Gasteiger partial charge in [0.05, 0.1) is 5.69 Å². The van der Waals surface area contributed by atoms with Crippen LogP contribution in [-0.2, 0) is 23.7 Å². The van der Waals surface area contributed by atoms with Gasteiger partial charge in [0, 0.05) is 35.4 Å². The van der Waals surface area contributed by atoms with Crippen molar-refractivity contribution in [3.8, 4) is 0 Å². The first-order chi connectivity index (χ1) is 12.3. The molecule has 4 heteroatoms. The van der Waals surface area contributed by atoms with E-state index in [0.717, 1.165) is 30.5 Å². The molecule has 1 unspecified atom stereocenters. The number of hydrogen-bond donors (Lipinski definition) is 0. The highest BCUT2D eigenvalue weighted by atomic mass is 16.1. The highest BCUT2D eigenvalue weighted by Gasteiger charge is 2.55. The highest BCUT2D eigenvalue weighted by molar-refractivity contribution is 6.09. The van der Waals surface area contributed by atoms with Gasteiger partial charge >= 0.3 is 0 Å². The van der Waals surface area contributed by atoms with Crippen LogP contribution in [0, 0.1) is 11.3 Å². The summed E-state index contributed by atoms with van der Waals surface area (Å²) < 4.78 is 1.76. The molecule has 0 saturated heterocycles. The van der Waals surface area contributed by atoms with Crippen molar-refractivity contribution in [3.63, 3.8) is 0 Å². The Morgan fingerprint density at radius 2 is 1.85 bits per heavy atom. The minimum Gasteiger partial charge on any atom is -0.299 e. The smallest absolute Gasteiger partial charge is 0.211 e. The molecule has 2 aliphatic rings. The third-order valence-corrected chi connectivity index (χ3v) is 6.85. The molecule has 4 nitrogen and oxygen atoms in total. The minimum atomic E-state index is -0.328. The van der Waals surface area contributed by atoms with E-state index < -0.39 is 0 Å². The summed E-state index contributed by atoms with van der Waals surface area (Å²) >= 11 is 0. The van der Waals surface area contributed by atoms with E-state index in [0.29, 0.717) is 23.5 Å². The Kier molecular flexibility index (Phi) is 3.73. The average Bonchev–Trinajstić information content (AvgIpc) is 2.96. The predicted octanol–water partition coefficient (Wildman–Crippen LogP) is 3.86. The molecule has 1 fully saturated rings. The Bertz CT molecular complexity index is 894. The van der Waals surface area contributed by atoms with Gasteiger partial charge in [-0.05, 0) is 25.2 Å². The molecule has 1 aromatic heterocycles. The second kappa shape index (κ2) is 5.63. The van der Waals surface area contributed by atoms with Crippen molar-refractivity contribution >= 4 is 11.6 Å². The van der Waals surface area contributed by atoms with Gasteiger partial charge in [-0.3, -0.25) is 14.3 Å². The molecule has 4 rings (SSSR count). The second-order valence-corrected chi connectivity index (χ2v) is 8.65. The fourth-order valence-corrected chi connectivity index (χ4v) is 5.39. The topological polar surface area (TPSA) is 52.0 Å². The van der Waals surface area contributed by atoms with Crippen molar-refractivity contribution in [3.05, 3.63) is 52.8 Å². The summed E-state index contributed by atoms with van der Waals surface area (Å²) in [4.78, 5) is 25.6. The van der Waals surface area contributed by atoms with Crippen molar-refractivity contribution in [2.45, 2.75) is 51.9 Å². The van der Waals surface area contributed by atoms with Gasteiger partial charge in [-0.2, -0.15) is 5.10 Å². The van der Waals surface area contributed by atoms with Crippen molar-refractivity contribution in [1.29, 1.82) is 0 Å². The third kappa shape index (κ3) is 2.24. The Balaban J connectivity index is 1.83. The van der Waals surface area contributed by atoms with E-state index in [4.69, 9.17) is 5.10 Å². The fraction of sp³-hybridized carbons (Fsp3) is 0.500. The van der Waals surface area contributed by atoms with Gasteiger partial charge < -0.3 is 0 Å². The normalized spacial score (nSPS) is 26.9. The first kappa shape index (κ1) is 17.2. The lowest BCUT2D eigenvalue weighted by Gasteiger charge is -2.51. The third-order valence-electron chi connectivity index (χ3n) is 6.85. The molecule has 1 heterocycles. The molecule has 1 saturated carbocycles. The van der Waals surface area contributed by atoms with Crippen molar-refractivity contribution in [1.82, 2.24) is 9.78 Å².